The maximum atomic E-state index is 13.6. The van der Waals surface area contributed by atoms with Crippen molar-refractivity contribution < 1.29 is 4.39 Å². The van der Waals surface area contributed by atoms with Crippen molar-refractivity contribution in [2.24, 2.45) is 4.99 Å². The molecule has 26 heavy (non-hydrogen) atoms. The van der Waals surface area contributed by atoms with Crippen LogP contribution in [0.25, 0.3) is 0 Å². The van der Waals surface area contributed by atoms with Crippen LogP contribution in [0.2, 0.25) is 0 Å². The second-order valence-electron chi connectivity index (χ2n) is 5.88. The van der Waals surface area contributed by atoms with Crippen LogP contribution in [0.5, 0.6) is 0 Å². The Balaban J connectivity index is 1.58. The van der Waals surface area contributed by atoms with Gasteiger partial charge in [0, 0.05) is 57.1 Å². The lowest BCUT2D eigenvalue weighted by Crippen LogP contribution is -2.52. The number of aliphatic imine (C=N–C) groups is 1. The Labute approximate surface area is 157 Å². The number of nitrogens with one attached hydrogen (secondary N) is 1. The highest BCUT2D eigenvalue weighted by atomic mass is 32.2. The quantitative estimate of drug-likeness (QED) is 0.503. The molecule has 3 rings (SSSR count). The van der Waals surface area contributed by atoms with Gasteiger partial charge in [0.25, 0.3) is 0 Å². The summed E-state index contributed by atoms with van der Waals surface area (Å²) >= 11 is 1.62. The van der Waals surface area contributed by atoms with E-state index in [4.69, 9.17) is 0 Å². The lowest BCUT2D eigenvalue weighted by Gasteiger charge is -2.36. The molecule has 0 amide bonds. The molecule has 2 heterocycles. The van der Waals surface area contributed by atoms with Crippen molar-refractivity contribution in [2.45, 2.75) is 11.4 Å². The Hall–Kier alpha value is -2.35. The lowest BCUT2D eigenvalue weighted by atomic mass is 10.2. The van der Waals surface area contributed by atoms with E-state index in [9.17, 15) is 4.39 Å². The van der Waals surface area contributed by atoms with Gasteiger partial charge in [-0.15, -0.1) is 11.8 Å². The van der Waals surface area contributed by atoms with Crippen LogP contribution >= 0.6 is 11.8 Å². The maximum Gasteiger partial charge on any atom is 0.225 e. The third kappa shape index (κ3) is 4.43. The molecule has 0 spiro atoms. The Morgan fingerprint density at radius 1 is 1.23 bits per heavy atom. The first kappa shape index (κ1) is 18.4. The zero-order valence-corrected chi connectivity index (χ0v) is 15.8. The summed E-state index contributed by atoms with van der Waals surface area (Å²) < 4.78 is 13.6. The summed E-state index contributed by atoms with van der Waals surface area (Å²) in [4.78, 5) is 18.4. The molecule has 8 heteroatoms. The summed E-state index contributed by atoms with van der Waals surface area (Å²) in [6, 6.07) is 6.71. The summed E-state index contributed by atoms with van der Waals surface area (Å²) in [6.45, 7) is 3.87. The molecular formula is C18H23FN6S. The van der Waals surface area contributed by atoms with E-state index in [-0.39, 0.29) is 5.82 Å². The fraction of sp³-hybridized carbons (Fsp3) is 0.389. The number of aromatic nitrogens is 2. The predicted octanol–water partition coefficient (Wildman–Crippen LogP) is 2.24. The smallest absolute Gasteiger partial charge is 0.225 e. The van der Waals surface area contributed by atoms with Crippen molar-refractivity contribution in [3.05, 3.63) is 48.0 Å². The first-order valence-corrected chi connectivity index (χ1v) is 9.73. The molecule has 1 fully saturated rings. The van der Waals surface area contributed by atoms with Crippen LogP contribution in [-0.2, 0) is 6.54 Å². The predicted molar refractivity (Wildman–Crippen MR) is 104 cm³/mol. The number of hydrogen-bond acceptors (Lipinski definition) is 5. The minimum atomic E-state index is -0.217. The Morgan fingerprint density at radius 2 is 1.96 bits per heavy atom. The van der Waals surface area contributed by atoms with Gasteiger partial charge in [-0.25, -0.2) is 14.4 Å². The molecule has 6 nitrogen and oxygen atoms in total. The average molecular weight is 374 g/mol. The molecule has 1 aliphatic heterocycles. The SMILES string of the molecule is CN=C(NCc1cc(F)ccc1SC)N1CCN(c2ncccn2)CC1. The van der Waals surface area contributed by atoms with Crippen LogP contribution in [0.4, 0.5) is 10.3 Å². The molecule has 1 aliphatic rings. The highest BCUT2D eigenvalue weighted by molar-refractivity contribution is 7.98. The van der Waals surface area contributed by atoms with Crippen molar-refractivity contribution in [3.8, 4) is 0 Å². The van der Waals surface area contributed by atoms with E-state index >= 15 is 0 Å². The van der Waals surface area contributed by atoms with E-state index in [0.717, 1.165) is 48.5 Å². The van der Waals surface area contributed by atoms with Crippen LogP contribution in [0.15, 0.2) is 46.5 Å². The fourth-order valence-electron chi connectivity index (χ4n) is 2.96. The van der Waals surface area contributed by atoms with Gasteiger partial charge in [-0.05, 0) is 36.1 Å². The lowest BCUT2D eigenvalue weighted by molar-refractivity contribution is 0.370. The van der Waals surface area contributed by atoms with Crippen molar-refractivity contribution in [2.75, 3.05) is 44.4 Å². The summed E-state index contributed by atoms with van der Waals surface area (Å²) in [5, 5.41) is 3.36. The molecule has 0 atom stereocenters. The number of hydrogen-bond donors (Lipinski definition) is 1. The summed E-state index contributed by atoms with van der Waals surface area (Å²) in [5.41, 5.74) is 0.940. The second-order valence-corrected chi connectivity index (χ2v) is 6.73. The van der Waals surface area contributed by atoms with Gasteiger partial charge in [0.05, 0.1) is 0 Å². The largest absolute Gasteiger partial charge is 0.352 e. The number of benzene rings is 1. The van der Waals surface area contributed by atoms with Crippen molar-refractivity contribution in [3.63, 3.8) is 0 Å². The third-order valence-corrected chi connectivity index (χ3v) is 5.14. The number of rotatable bonds is 4. The zero-order chi connectivity index (χ0) is 18.4. The summed E-state index contributed by atoms with van der Waals surface area (Å²) in [6.07, 6.45) is 5.52. The molecule has 1 saturated heterocycles. The molecule has 0 unspecified atom stereocenters. The molecular weight excluding hydrogens is 351 g/mol. The van der Waals surface area contributed by atoms with E-state index in [1.807, 2.05) is 18.4 Å². The number of nitrogens with zero attached hydrogens (tertiary/aromatic N) is 5. The number of halogens is 1. The van der Waals surface area contributed by atoms with Gasteiger partial charge in [-0.2, -0.15) is 0 Å². The van der Waals surface area contributed by atoms with Gasteiger partial charge in [-0.1, -0.05) is 0 Å². The van der Waals surface area contributed by atoms with E-state index in [2.05, 4.69) is 30.1 Å². The molecule has 1 aromatic carbocycles. The van der Waals surface area contributed by atoms with Crippen LogP contribution in [0.3, 0.4) is 0 Å². The van der Waals surface area contributed by atoms with E-state index in [0.29, 0.717) is 6.54 Å². The van der Waals surface area contributed by atoms with E-state index in [1.54, 1.807) is 37.3 Å². The molecule has 138 valence electrons. The Bertz CT molecular complexity index is 747. The zero-order valence-electron chi connectivity index (χ0n) is 15.0. The number of anilines is 1. The number of piperazine rings is 1. The number of guanidine groups is 1. The summed E-state index contributed by atoms with van der Waals surface area (Å²) in [5.74, 6) is 1.38. The molecule has 1 N–H and O–H groups in total. The van der Waals surface area contributed by atoms with Gasteiger partial charge in [0.1, 0.15) is 5.82 Å². The van der Waals surface area contributed by atoms with Crippen LogP contribution < -0.4 is 10.2 Å². The van der Waals surface area contributed by atoms with Crippen molar-refractivity contribution in [1.29, 1.82) is 0 Å². The molecule has 2 aromatic rings. The van der Waals surface area contributed by atoms with Crippen molar-refractivity contribution >= 4 is 23.7 Å². The van der Waals surface area contributed by atoms with Gasteiger partial charge in [0.2, 0.25) is 5.95 Å². The second kappa shape index (κ2) is 8.84. The standard InChI is InChI=1S/C18H23FN6S/c1-20-17(23-13-14-12-15(19)4-5-16(14)26-2)24-8-10-25(11-9-24)18-21-6-3-7-22-18/h3-7,12H,8-11,13H2,1-2H3,(H,20,23). The van der Waals surface area contributed by atoms with Gasteiger partial charge in [0.15, 0.2) is 5.96 Å². The molecule has 0 radical (unpaired) electrons. The topological polar surface area (TPSA) is 56.7 Å². The normalized spacial score (nSPS) is 15.3. The molecule has 1 aromatic heterocycles. The Kier molecular flexibility index (Phi) is 6.27. The average Bonchev–Trinajstić information content (AvgIpc) is 2.70. The fourth-order valence-corrected chi connectivity index (χ4v) is 3.56. The van der Waals surface area contributed by atoms with Crippen LogP contribution in [0.1, 0.15) is 5.56 Å². The third-order valence-electron chi connectivity index (χ3n) is 4.31. The van der Waals surface area contributed by atoms with Gasteiger partial charge < -0.3 is 15.1 Å². The first-order chi connectivity index (χ1) is 12.7. The summed E-state index contributed by atoms with van der Waals surface area (Å²) in [7, 11) is 1.77. The maximum absolute atomic E-state index is 13.6. The van der Waals surface area contributed by atoms with Gasteiger partial charge in [-0.3, -0.25) is 4.99 Å². The van der Waals surface area contributed by atoms with Crippen molar-refractivity contribution in [1.82, 2.24) is 20.2 Å². The molecule has 0 saturated carbocycles. The molecule has 0 aliphatic carbocycles. The minimum Gasteiger partial charge on any atom is -0.352 e. The van der Waals surface area contributed by atoms with E-state index < -0.39 is 0 Å². The molecule has 0 bridgehead atoms. The highest BCUT2D eigenvalue weighted by Gasteiger charge is 2.21. The first-order valence-electron chi connectivity index (χ1n) is 8.51. The number of thioether (sulfide) groups is 1. The Morgan fingerprint density at radius 3 is 2.62 bits per heavy atom. The monoisotopic (exact) mass is 374 g/mol. The van der Waals surface area contributed by atoms with Crippen LogP contribution in [0, 0.1) is 5.82 Å². The highest BCUT2D eigenvalue weighted by Crippen LogP contribution is 2.21. The minimum absolute atomic E-state index is 0.217. The van der Waals surface area contributed by atoms with Gasteiger partial charge >= 0.3 is 0 Å². The van der Waals surface area contributed by atoms with Crippen LogP contribution in [-0.4, -0.2) is 60.3 Å². The van der Waals surface area contributed by atoms with E-state index in [1.165, 1.54) is 6.07 Å².